The van der Waals surface area contributed by atoms with Gasteiger partial charge in [-0.25, -0.2) is 0 Å². The van der Waals surface area contributed by atoms with Crippen molar-refractivity contribution in [2.45, 2.75) is 128 Å². The molecular formula is C42H64Si4. The molecule has 0 spiro atoms. The summed E-state index contributed by atoms with van der Waals surface area (Å²) in [6.07, 6.45) is 0. The van der Waals surface area contributed by atoms with Gasteiger partial charge in [0.15, 0.2) is 8.07 Å². The first-order valence-electron chi connectivity index (χ1n) is 17.6. The van der Waals surface area contributed by atoms with E-state index in [1.54, 1.807) is 47.5 Å². The van der Waals surface area contributed by atoms with Crippen molar-refractivity contribution in [1.82, 2.24) is 0 Å². The summed E-state index contributed by atoms with van der Waals surface area (Å²) in [4.78, 5) is 0. The Labute approximate surface area is 287 Å². The van der Waals surface area contributed by atoms with Gasteiger partial charge in [0.2, 0.25) is 0 Å². The minimum Gasteiger partial charge on any atom is -0.0656 e. The average Bonchev–Trinajstić information content (AvgIpc) is 3.06. The fourth-order valence-corrected chi connectivity index (χ4v) is 25.4. The first-order chi connectivity index (χ1) is 20.9. The predicted molar refractivity (Wildman–Crippen MR) is 222 cm³/mol. The standard InChI is InChI=1S/C42H64Si4/c1-26-20-29(4)39(36(23-26)43(11,12)13)46(42-34(9)32(7)33(8)35(42)10,40-30(5)21-27(2)24-37(40)44(14,15)16)41-31(6)22-28(3)25-38(41)45(17,18)19/h20-25,34H,1-19H3. The molecule has 0 amide bonds. The molecule has 0 bridgehead atoms. The molecule has 248 valence electrons. The summed E-state index contributed by atoms with van der Waals surface area (Å²) in [5, 5.41) is 12.0. The Morgan fingerprint density at radius 1 is 0.413 bits per heavy atom. The number of rotatable bonds is 7. The monoisotopic (exact) mass is 680 g/mol. The largest absolute Gasteiger partial charge is 0.176 e. The second-order valence-electron chi connectivity index (χ2n) is 18.1. The maximum Gasteiger partial charge on any atom is 0.176 e. The third-order valence-corrected chi connectivity index (χ3v) is 23.7. The molecule has 0 aliphatic heterocycles. The zero-order valence-electron chi connectivity index (χ0n) is 33.0. The Balaban J connectivity index is 2.62. The highest BCUT2D eigenvalue weighted by Gasteiger charge is 2.55. The Hall–Kier alpha value is -1.99. The quantitative estimate of drug-likeness (QED) is 0.174. The molecule has 0 radical (unpaired) electrons. The minimum absolute atomic E-state index is 0.409. The van der Waals surface area contributed by atoms with Crippen LogP contribution in [0.5, 0.6) is 0 Å². The average molecular weight is 681 g/mol. The summed E-state index contributed by atoms with van der Waals surface area (Å²) in [7, 11) is -8.35. The molecule has 3 aromatic carbocycles. The first-order valence-corrected chi connectivity index (χ1v) is 30.1. The fraction of sp³-hybridized carbons (Fsp3) is 0.476. The molecule has 0 N–H and O–H groups in total. The van der Waals surface area contributed by atoms with E-state index in [0.29, 0.717) is 5.92 Å². The third-order valence-electron chi connectivity index (χ3n) is 11.0. The summed E-state index contributed by atoms with van der Waals surface area (Å²) >= 11 is 0. The van der Waals surface area contributed by atoms with Gasteiger partial charge in [-0.3, -0.25) is 0 Å². The lowest BCUT2D eigenvalue weighted by Crippen LogP contribution is -2.82. The summed E-state index contributed by atoms with van der Waals surface area (Å²) in [5.41, 5.74) is 13.4. The topological polar surface area (TPSA) is 0 Å². The van der Waals surface area contributed by atoms with Gasteiger partial charge in [-0.05, 0) is 89.4 Å². The van der Waals surface area contributed by atoms with Gasteiger partial charge >= 0.3 is 0 Å². The lowest BCUT2D eigenvalue weighted by atomic mass is 10.1. The maximum absolute atomic E-state index is 2.92. The van der Waals surface area contributed by atoms with Crippen LogP contribution in [0.2, 0.25) is 58.9 Å². The van der Waals surface area contributed by atoms with Gasteiger partial charge in [-0.15, -0.1) is 0 Å². The molecule has 0 aromatic heterocycles. The van der Waals surface area contributed by atoms with Crippen LogP contribution in [0.4, 0.5) is 0 Å². The molecule has 1 unspecified atom stereocenters. The molecule has 1 atom stereocenters. The van der Waals surface area contributed by atoms with Gasteiger partial charge in [0.1, 0.15) is 0 Å². The van der Waals surface area contributed by atoms with Gasteiger partial charge in [-0.1, -0.05) is 168 Å². The van der Waals surface area contributed by atoms with E-state index in [-0.39, 0.29) is 0 Å². The van der Waals surface area contributed by atoms with Gasteiger partial charge < -0.3 is 0 Å². The van der Waals surface area contributed by atoms with Crippen molar-refractivity contribution in [3.8, 4) is 0 Å². The van der Waals surface area contributed by atoms with Crippen LogP contribution < -0.4 is 31.1 Å². The molecule has 0 saturated carbocycles. The van der Waals surface area contributed by atoms with E-state index < -0.39 is 32.3 Å². The van der Waals surface area contributed by atoms with Crippen molar-refractivity contribution >= 4 is 63.4 Å². The Morgan fingerprint density at radius 2 is 0.696 bits per heavy atom. The van der Waals surface area contributed by atoms with Crippen LogP contribution in [-0.2, 0) is 0 Å². The van der Waals surface area contributed by atoms with Crippen molar-refractivity contribution in [1.29, 1.82) is 0 Å². The molecular weight excluding hydrogens is 617 g/mol. The summed E-state index contributed by atoms with van der Waals surface area (Å²) < 4.78 is 0. The summed E-state index contributed by atoms with van der Waals surface area (Å²) in [5.74, 6) is 0.409. The van der Waals surface area contributed by atoms with E-state index in [9.17, 15) is 0 Å². The smallest absolute Gasteiger partial charge is 0.0656 e. The van der Waals surface area contributed by atoms with E-state index in [1.165, 1.54) is 39.0 Å². The molecule has 46 heavy (non-hydrogen) atoms. The number of benzene rings is 3. The highest BCUT2D eigenvalue weighted by Crippen LogP contribution is 2.42. The van der Waals surface area contributed by atoms with Crippen LogP contribution in [0.15, 0.2) is 58.3 Å². The van der Waals surface area contributed by atoms with Gasteiger partial charge in [0, 0.05) is 0 Å². The third kappa shape index (κ3) is 6.06. The van der Waals surface area contributed by atoms with Crippen LogP contribution in [0.3, 0.4) is 0 Å². The number of hydrogen-bond acceptors (Lipinski definition) is 0. The van der Waals surface area contributed by atoms with Crippen molar-refractivity contribution in [2.24, 2.45) is 5.92 Å². The van der Waals surface area contributed by atoms with Crippen LogP contribution in [0.1, 0.15) is 61.1 Å². The van der Waals surface area contributed by atoms with Crippen molar-refractivity contribution in [3.63, 3.8) is 0 Å². The second-order valence-corrected chi connectivity index (χ2v) is 36.7. The second kappa shape index (κ2) is 12.2. The Bertz CT molecular complexity index is 1610. The highest BCUT2D eigenvalue weighted by molar-refractivity contribution is 7.23. The van der Waals surface area contributed by atoms with Crippen LogP contribution in [0, 0.1) is 47.5 Å². The van der Waals surface area contributed by atoms with Gasteiger partial charge in [-0.2, -0.15) is 0 Å². The number of allylic oxidation sites excluding steroid dienone is 4. The molecule has 0 fully saturated rings. The molecule has 0 heterocycles. The number of hydrogen-bond donors (Lipinski definition) is 0. The molecule has 1 aliphatic carbocycles. The molecule has 4 heteroatoms. The number of aryl methyl sites for hydroxylation is 6. The molecule has 4 rings (SSSR count). The maximum atomic E-state index is 2.63. The van der Waals surface area contributed by atoms with E-state index in [1.807, 2.05) is 0 Å². The SMILES string of the molecule is CC1=C(C)C(C)C([Si](c2c(C)cc(C)cc2[Si](C)(C)C)(c2c(C)cc(C)cc2[Si](C)(C)C)c2c(C)cc(C)cc2[Si](C)(C)C)=C1C. The lowest BCUT2D eigenvalue weighted by molar-refractivity contribution is 0.851. The highest BCUT2D eigenvalue weighted by atomic mass is 28.3. The van der Waals surface area contributed by atoms with Crippen LogP contribution in [0.25, 0.3) is 0 Å². The molecule has 3 aromatic rings. The summed E-state index contributed by atoms with van der Waals surface area (Å²) in [6.45, 7) is 47.7. The van der Waals surface area contributed by atoms with E-state index in [4.69, 9.17) is 0 Å². The minimum atomic E-state index is -2.92. The Morgan fingerprint density at radius 3 is 0.913 bits per heavy atom. The normalized spacial score (nSPS) is 16.6. The van der Waals surface area contributed by atoms with Gasteiger partial charge in [0.25, 0.3) is 0 Å². The van der Waals surface area contributed by atoms with Crippen LogP contribution >= 0.6 is 0 Å². The predicted octanol–water partition coefficient (Wildman–Crippen LogP) is 8.48. The molecule has 0 nitrogen and oxygen atoms in total. The van der Waals surface area contributed by atoms with Crippen LogP contribution in [-0.4, -0.2) is 32.3 Å². The van der Waals surface area contributed by atoms with E-state index >= 15 is 0 Å². The van der Waals surface area contributed by atoms with Crippen molar-refractivity contribution in [2.75, 3.05) is 0 Å². The van der Waals surface area contributed by atoms with E-state index in [2.05, 4.69) is 165 Å². The zero-order valence-corrected chi connectivity index (χ0v) is 37.0. The summed E-state index contributed by atoms with van der Waals surface area (Å²) in [6, 6.07) is 15.5. The lowest BCUT2D eigenvalue weighted by Gasteiger charge is -2.48. The van der Waals surface area contributed by atoms with E-state index in [0.717, 1.165) is 0 Å². The van der Waals surface area contributed by atoms with Gasteiger partial charge in [0.05, 0.1) is 24.2 Å². The molecule has 1 aliphatic rings. The zero-order chi connectivity index (χ0) is 35.1. The van der Waals surface area contributed by atoms with Crippen molar-refractivity contribution < 1.29 is 0 Å². The Kier molecular flexibility index (Phi) is 9.74. The first kappa shape index (κ1) is 36.8. The van der Waals surface area contributed by atoms with Crippen molar-refractivity contribution in [3.05, 3.63) is 91.7 Å². The fourth-order valence-electron chi connectivity index (χ4n) is 8.92. The molecule has 0 saturated heterocycles.